The Morgan fingerprint density at radius 1 is 1.37 bits per heavy atom. The number of benzene rings is 1. The van der Waals surface area contributed by atoms with E-state index in [-0.39, 0.29) is 18.1 Å². The van der Waals surface area contributed by atoms with Gasteiger partial charge < -0.3 is 9.88 Å². The first-order chi connectivity index (χ1) is 9.15. The van der Waals surface area contributed by atoms with Gasteiger partial charge in [-0.3, -0.25) is 4.79 Å². The maximum atomic E-state index is 12.7. The molecule has 0 fully saturated rings. The van der Waals surface area contributed by atoms with Crippen LogP contribution in [0.25, 0.3) is 0 Å². The molecule has 0 bridgehead atoms. The van der Waals surface area contributed by atoms with Gasteiger partial charge in [0.25, 0.3) is 0 Å². The van der Waals surface area contributed by atoms with Gasteiger partial charge in [0.1, 0.15) is 11.6 Å². The molecular weight excluding hydrogens is 245 g/mol. The molecule has 0 aliphatic rings. The second-order valence-corrected chi connectivity index (χ2v) is 4.36. The number of carbonyl (C=O) groups excluding carboxylic acids is 1. The van der Waals surface area contributed by atoms with Gasteiger partial charge in [-0.1, -0.05) is 12.1 Å². The van der Waals surface area contributed by atoms with Crippen molar-refractivity contribution < 1.29 is 9.18 Å². The van der Waals surface area contributed by atoms with Crippen LogP contribution in [-0.4, -0.2) is 22.0 Å². The van der Waals surface area contributed by atoms with Crippen molar-refractivity contribution in [3.63, 3.8) is 0 Å². The van der Waals surface area contributed by atoms with E-state index in [1.807, 2.05) is 11.6 Å². The Morgan fingerprint density at radius 2 is 2.11 bits per heavy atom. The van der Waals surface area contributed by atoms with Gasteiger partial charge in [0.15, 0.2) is 0 Å². The van der Waals surface area contributed by atoms with Crippen LogP contribution in [-0.2, 0) is 24.7 Å². The van der Waals surface area contributed by atoms with Crippen LogP contribution in [0.5, 0.6) is 0 Å². The van der Waals surface area contributed by atoms with E-state index in [4.69, 9.17) is 0 Å². The molecule has 0 saturated carbocycles. The Kier molecular flexibility index (Phi) is 4.28. The lowest BCUT2D eigenvalue weighted by molar-refractivity contribution is -0.120. The van der Waals surface area contributed by atoms with E-state index in [0.29, 0.717) is 13.0 Å². The fourth-order valence-corrected chi connectivity index (χ4v) is 1.77. The molecule has 1 heterocycles. The summed E-state index contributed by atoms with van der Waals surface area (Å²) in [5.74, 6) is 0.429. The average molecular weight is 261 g/mol. The molecule has 100 valence electrons. The minimum atomic E-state index is -0.248. The number of hydrogen-bond acceptors (Lipinski definition) is 2. The normalized spacial score (nSPS) is 10.4. The van der Waals surface area contributed by atoms with Crippen LogP contribution in [0.1, 0.15) is 11.4 Å². The number of hydrogen-bond donors (Lipinski definition) is 1. The van der Waals surface area contributed by atoms with Crippen molar-refractivity contribution in [1.29, 1.82) is 0 Å². The lowest BCUT2D eigenvalue weighted by Gasteiger charge is -2.05. The average Bonchev–Trinajstić information content (AvgIpc) is 2.78. The van der Waals surface area contributed by atoms with Crippen molar-refractivity contribution in [3.8, 4) is 0 Å². The number of halogens is 1. The van der Waals surface area contributed by atoms with E-state index in [1.54, 1.807) is 24.5 Å². The molecule has 0 aliphatic heterocycles. The maximum absolute atomic E-state index is 12.7. The molecular formula is C14H16FN3O. The zero-order chi connectivity index (χ0) is 13.7. The van der Waals surface area contributed by atoms with E-state index < -0.39 is 0 Å². The predicted molar refractivity (Wildman–Crippen MR) is 70.0 cm³/mol. The molecule has 1 aromatic heterocycles. The third-order valence-electron chi connectivity index (χ3n) is 2.89. The maximum Gasteiger partial charge on any atom is 0.227 e. The van der Waals surface area contributed by atoms with Crippen molar-refractivity contribution in [1.82, 2.24) is 14.9 Å². The number of imidazole rings is 1. The van der Waals surface area contributed by atoms with Gasteiger partial charge in [-0.05, 0) is 24.1 Å². The van der Waals surface area contributed by atoms with Crippen LogP contribution >= 0.6 is 0 Å². The van der Waals surface area contributed by atoms with Gasteiger partial charge in [0, 0.05) is 26.0 Å². The molecule has 0 aliphatic carbocycles. The van der Waals surface area contributed by atoms with Crippen molar-refractivity contribution in [3.05, 3.63) is 53.9 Å². The smallest absolute Gasteiger partial charge is 0.227 e. The van der Waals surface area contributed by atoms with Gasteiger partial charge in [0.05, 0.1) is 6.42 Å². The Hall–Kier alpha value is -2.17. The van der Waals surface area contributed by atoms with E-state index in [9.17, 15) is 9.18 Å². The molecule has 2 rings (SSSR count). The Labute approximate surface area is 111 Å². The number of nitrogens with zero attached hydrogens (tertiary/aromatic N) is 2. The van der Waals surface area contributed by atoms with E-state index in [1.165, 1.54) is 12.1 Å². The van der Waals surface area contributed by atoms with Crippen LogP contribution in [0, 0.1) is 5.82 Å². The summed E-state index contributed by atoms with van der Waals surface area (Å²) in [4.78, 5) is 15.8. The second-order valence-electron chi connectivity index (χ2n) is 4.36. The molecule has 0 unspecified atom stereocenters. The highest BCUT2D eigenvalue weighted by Crippen LogP contribution is 2.03. The van der Waals surface area contributed by atoms with Crippen LogP contribution in [0.15, 0.2) is 36.7 Å². The highest BCUT2D eigenvalue weighted by atomic mass is 19.1. The predicted octanol–water partition coefficient (Wildman–Crippen LogP) is 1.46. The van der Waals surface area contributed by atoms with Crippen LogP contribution in [0.2, 0.25) is 0 Å². The molecule has 1 aromatic carbocycles. The topological polar surface area (TPSA) is 46.9 Å². The van der Waals surface area contributed by atoms with Gasteiger partial charge >= 0.3 is 0 Å². The molecule has 0 saturated heterocycles. The van der Waals surface area contributed by atoms with Gasteiger partial charge in [-0.25, -0.2) is 9.37 Å². The summed E-state index contributed by atoms with van der Waals surface area (Å²) in [7, 11) is 1.86. The number of rotatable bonds is 5. The van der Waals surface area contributed by atoms with E-state index >= 15 is 0 Å². The van der Waals surface area contributed by atoms with Crippen LogP contribution < -0.4 is 5.32 Å². The van der Waals surface area contributed by atoms with E-state index in [2.05, 4.69) is 10.3 Å². The summed E-state index contributed by atoms with van der Waals surface area (Å²) < 4.78 is 14.5. The summed E-state index contributed by atoms with van der Waals surface area (Å²) in [6.45, 7) is 0.537. The number of nitrogens with one attached hydrogen (secondary N) is 1. The van der Waals surface area contributed by atoms with Crippen molar-refractivity contribution >= 4 is 5.91 Å². The SMILES string of the molecule is Cn1ccnc1CC(=O)NCCc1ccc(F)cc1. The van der Waals surface area contributed by atoms with Crippen molar-refractivity contribution in [2.45, 2.75) is 12.8 Å². The van der Waals surface area contributed by atoms with Gasteiger partial charge in [-0.2, -0.15) is 0 Å². The first kappa shape index (κ1) is 13.3. The van der Waals surface area contributed by atoms with Crippen molar-refractivity contribution in [2.24, 2.45) is 7.05 Å². The molecule has 19 heavy (non-hydrogen) atoms. The number of amides is 1. The minimum Gasteiger partial charge on any atom is -0.355 e. The van der Waals surface area contributed by atoms with E-state index in [0.717, 1.165) is 11.4 Å². The molecule has 0 radical (unpaired) electrons. The highest BCUT2D eigenvalue weighted by Gasteiger charge is 2.06. The molecule has 0 spiro atoms. The second kappa shape index (κ2) is 6.13. The number of aromatic nitrogens is 2. The van der Waals surface area contributed by atoms with Crippen LogP contribution in [0.4, 0.5) is 4.39 Å². The molecule has 1 N–H and O–H groups in total. The van der Waals surface area contributed by atoms with Crippen molar-refractivity contribution in [2.75, 3.05) is 6.54 Å². The summed E-state index contributed by atoms with van der Waals surface area (Å²) >= 11 is 0. The fraction of sp³-hybridized carbons (Fsp3) is 0.286. The molecule has 1 amide bonds. The third kappa shape index (κ3) is 3.91. The highest BCUT2D eigenvalue weighted by molar-refractivity contribution is 5.77. The monoisotopic (exact) mass is 261 g/mol. The molecule has 0 atom stereocenters. The lowest BCUT2D eigenvalue weighted by Crippen LogP contribution is -2.28. The Balaban J connectivity index is 1.75. The molecule has 5 heteroatoms. The zero-order valence-electron chi connectivity index (χ0n) is 10.8. The fourth-order valence-electron chi connectivity index (χ4n) is 1.77. The summed E-state index contributed by atoms with van der Waals surface area (Å²) in [6.07, 6.45) is 4.43. The standard InChI is InChI=1S/C14H16FN3O/c1-18-9-8-16-13(18)10-14(19)17-7-6-11-2-4-12(15)5-3-11/h2-5,8-9H,6-7,10H2,1H3,(H,17,19). The molecule has 4 nitrogen and oxygen atoms in total. The number of aryl methyl sites for hydroxylation is 1. The third-order valence-corrected chi connectivity index (χ3v) is 2.89. The quantitative estimate of drug-likeness (QED) is 0.885. The Bertz CT molecular complexity index is 548. The zero-order valence-corrected chi connectivity index (χ0v) is 10.8. The van der Waals surface area contributed by atoms with Gasteiger partial charge in [-0.15, -0.1) is 0 Å². The number of carbonyl (C=O) groups is 1. The lowest BCUT2D eigenvalue weighted by atomic mass is 10.1. The van der Waals surface area contributed by atoms with Crippen LogP contribution in [0.3, 0.4) is 0 Å². The summed E-state index contributed by atoms with van der Waals surface area (Å²) in [5, 5.41) is 2.83. The largest absolute Gasteiger partial charge is 0.355 e. The first-order valence-electron chi connectivity index (χ1n) is 6.12. The minimum absolute atomic E-state index is 0.0589. The van der Waals surface area contributed by atoms with Gasteiger partial charge in [0.2, 0.25) is 5.91 Å². The first-order valence-corrected chi connectivity index (χ1v) is 6.12. The molecule has 2 aromatic rings. The summed E-state index contributed by atoms with van der Waals surface area (Å²) in [6, 6.07) is 6.29. The Morgan fingerprint density at radius 3 is 2.74 bits per heavy atom. The summed E-state index contributed by atoms with van der Waals surface area (Å²) in [5.41, 5.74) is 0.999.